The zero-order valence-electron chi connectivity index (χ0n) is 19.5. The van der Waals surface area contributed by atoms with Gasteiger partial charge in [-0.25, -0.2) is 15.0 Å². The second-order valence-electron chi connectivity index (χ2n) is 8.46. The first-order valence-electron chi connectivity index (χ1n) is 11.1. The number of halogens is 1. The first-order chi connectivity index (χ1) is 16.9. The van der Waals surface area contributed by atoms with Gasteiger partial charge in [0.2, 0.25) is 5.60 Å². The molecule has 4 heterocycles. The van der Waals surface area contributed by atoms with Crippen LogP contribution in [-0.2, 0) is 11.3 Å². The van der Waals surface area contributed by atoms with Crippen LogP contribution in [-0.4, -0.2) is 66.4 Å². The summed E-state index contributed by atoms with van der Waals surface area (Å²) in [4.78, 5) is 27.2. The van der Waals surface area contributed by atoms with Crippen molar-refractivity contribution in [2.24, 2.45) is 5.73 Å². The van der Waals surface area contributed by atoms with Gasteiger partial charge in [0.05, 0.1) is 12.7 Å². The summed E-state index contributed by atoms with van der Waals surface area (Å²) in [6, 6.07) is 7.30. The molecule has 1 aliphatic rings. The van der Waals surface area contributed by atoms with E-state index >= 15 is 0 Å². The molecule has 36 heavy (non-hydrogen) atoms. The number of aromatic nitrogens is 5. The van der Waals surface area contributed by atoms with Gasteiger partial charge in [0, 0.05) is 72.8 Å². The first kappa shape index (κ1) is 25.1. The minimum Gasteiger partial charge on any atom is -0.382 e. The van der Waals surface area contributed by atoms with Crippen LogP contribution in [0.5, 0.6) is 0 Å². The number of pyridine rings is 1. The number of rotatable bonds is 4. The van der Waals surface area contributed by atoms with Crippen LogP contribution < -0.4 is 11.5 Å². The number of carbonyl (C=O) groups excluding carboxylic acids is 1. The van der Waals surface area contributed by atoms with Crippen LogP contribution in [0.4, 0.5) is 5.82 Å². The van der Waals surface area contributed by atoms with Gasteiger partial charge in [0.15, 0.2) is 5.82 Å². The Morgan fingerprint density at radius 3 is 2.78 bits per heavy atom. The van der Waals surface area contributed by atoms with Crippen LogP contribution in [0.25, 0.3) is 33.4 Å². The van der Waals surface area contributed by atoms with E-state index < -0.39 is 5.60 Å². The topological polar surface area (TPSA) is 149 Å². The van der Waals surface area contributed by atoms with Gasteiger partial charge in [0.1, 0.15) is 11.3 Å². The van der Waals surface area contributed by atoms with Crippen molar-refractivity contribution in [2.75, 3.05) is 25.9 Å². The largest absolute Gasteiger partial charge is 0.382 e. The quantitative estimate of drug-likeness (QED) is 0.354. The second-order valence-corrected chi connectivity index (χ2v) is 8.46. The Morgan fingerprint density at radius 2 is 2.03 bits per heavy atom. The molecule has 1 aromatic carbocycles. The van der Waals surface area contributed by atoms with E-state index in [1.807, 2.05) is 24.4 Å². The number of fused-ring (bicyclic) bond motifs is 1. The number of nitrogen functional groups attached to an aromatic ring is 1. The van der Waals surface area contributed by atoms with E-state index in [1.54, 1.807) is 36.4 Å². The number of hydrogen-bond acceptors (Lipinski definition) is 8. The van der Waals surface area contributed by atoms with Crippen molar-refractivity contribution >= 4 is 35.0 Å². The van der Waals surface area contributed by atoms with E-state index in [9.17, 15) is 9.90 Å². The standard InChI is InChI=1S/C25H24N8O2.ClH/c1-32-9-7-25(35,24(32)34)6-5-16-3-2-4-17(11-16)23-29-14-20-19(13-28-22(27)21(20)31-23)18-12-30-33(15-18)10-8-26;/h2-4,11-15,35H,7-10,26H2,1H3,(H2,27,28);1H. The molecule has 1 saturated heterocycles. The summed E-state index contributed by atoms with van der Waals surface area (Å²) in [5.74, 6) is 6.03. The lowest BCUT2D eigenvalue weighted by molar-refractivity contribution is -0.137. The Hall–Kier alpha value is -4.04. The smallest absolute Gasteiger partial charge is 0.267 e. The molecule has 4 aromatic rings. The SMILES string of the molecule is CN1CCC(O)(C#Cc2cccc(-c3ncc4c(-c5cnn(CCN)c5)cnc(N)c4n3)c2)C1=O.Cl. The monoisotopic (exact) mass is 504 g/mol. The minimum atomic E-state index is -1.65. The highest BCUT2D eigenvalue weighted by Crippen LogP contribution is 2.30. The van der Waals surface area contributed by atoms with Crippen LogP contribution in [0, 0.1) is 11.8 Å². The Bertz CT molecular complexity index is 1510. The van der Waals surface area contributed by atoms with Crippen LogP contribution in [0.2, 0.25) is 0 Å². The van der Waals surface area contributed by atoms with E-state index in [2.05, 4.69) is 31.9 Å². The fourth-order valence-corrected chi connectivity index (χ4v) is 4.05. The van der Waals surface area contributed by atoms with Gasteiger partial charge in [-0.2, -0.15) is 5.10 Å². The maximum absolute atomic E-state index is 12.2. The molecule has 1 amide bonds. The molecule has 184 valence electrons. The summed E-state index contributed by atoms with van der Waals surface area (Å²) >= 11 is 0. The average Bonchev–Trinajstić information content (AvgIpc) is 3.44. The lowest BCUT2D eigenvalue weighted by Gasteiger charge is -2.13. The van der Waals surface area contributed by atoms with E-state index in [0.29, 0.717) is 42.4 Å². The molecule has 1 atom stereocenters. The molecule has 0 radical (unpaired) electrons. The summed E-state index contributed by atoms with van der Waals surface area (Å²) < 4.78 is 1.77. The highest BCUT2D eigenvalue weighted by molar-refractivity contribution is 5.98. The van der Waals surface area contributed by atoms with Crippen LogP contribution in [0.3, 0.4) is 0 Å². The molecule has 0 bridgehead atoms. The lowest BCUT2D eigenvalue weighted by atomic mass is 10.0. The van der Waals surface area contributed by atoms with E-state index in [0.717, 1.165) is 22.1 Å². The van der Waals surface area contributed by atoms with E-state index in [-0.39, 0.29) is 24.7 Å². The summed E-state index contributed by atoms with van der Waals surface area (Å²) in [6.45, 7) is 1.58. The van der Waals surface area contributed by atoms with Gasteiger partial charge in [0.25, 0.3) is 5.91 Å². The number of amides is 1. The zero-order valence-corrected chi connectivity index (χ0v) is 20.4. The second kappa shape index (κ2) is 9.91. The van der Waals surface area contributed by atoms with Gasteiger partial charge in [-0.3, -0.25) is 9.48 Å². The number of hydrogen-bond donors (Lipinski definition) is 3. The van der Waals surface area contributed by atoms with E-state index in [1.165, 1.54) is 4.90 Å². The predicted molar refractivity (Wildman–Crippen MR) is 139 cm³/mol. The molecule has 11 heteroatoms. The average molecular weight is 505 g/mol. The molecular formula is C25H25ClN8O2. The number of likely N-dealkylation sites (tertiary alicyclic amines) is 1. The van der Waals surface area contributed by atoms with Gasteiger partial charge in [-0.15, -0.1) is 12.4 Å². The van der Waals surface area contributed by atoms with Gasteiger partial charge < -0.3 is 21.5 Å². The van der Waals surface area contributed by atoms with Crippen LogP contribution in [0.1, 0.15) is 12.0 Å². The van der Waals surface area contributed by atoms with E-state index in [4.69, 9.17) is 11.5 Å². The molecular weight excluding hydrogens is 480 g/mol. The van der Waals surface area contributed by atoms with Gasteiger partial charge >= 0.3 is 0 Å². The Labute approximate surface area is 213 Å². The molecule has 1 unspecified atom stereocenters. The number of likely N-dealkylation sites (N-methyl/N-ethyl adjacent to an activating group) is 1. The van der Waals surface area contributed by atoms with Crippen molar-refractivity contribution in [3.8, 4) is 34.4 Å². The number of benzene rings is 1. The molecule has 0 spiro atoms. The van der Waals surface area contributed by atoms with Crippen molar-refractivity contribution in [3.05, 3.63) is 54.6 Å². The molecule has 10 nitrogen and oxygen atoms in total. The molecule has 5 rings (SSSR count). The Morgan fingerprint density at radius 1 is 1.19 bits per heavy atom. The molecule has 1 fully saturated rings. The molecule has 1 aliphatic heterocycles. The lowest BCUT2D eigenvalue weighted by Crippen LogP contribution is -2.37. The van der Waals surface area contributed by atoms with Crippen LogP contribution in [0.15, 0.2) is 49.1 Å². The van der Waals surface area contributed by atoms with Crippen molar-refractivity contribution < 1.29 is 9.90 Å². The third-order valence-electron chi connectivity index (χ3n) is 6.00. The molecule has 5 N–H and O–H groups in total. The summed E-state index contributed by atoms with van der Waals surface area (Å²) in [7, 11) is 1.65. The number of nitrogens with zero attached hydrogens (tertiary/aromatic N) is 6. The first-order valence-corrected chi connectivity index (χ1v) is 11.1. The maximum Gasteiger partial charge on any atom is 0.267 e. The fraction of sp³-hybridized carbons (Fsp3) is 0.240. The maximum atomic E-state index is 12.2. The minimum absolute atomic E-state index is 0. The summed E-state index contributed by atoms with van der Waals surface area (Å²) in [6.07, 6.45) is 7.34. The van der Waals surface area contributed by atoms with Gasteiger partial charge in [-0.1, -0.05) is 24.0 Å². The third-order valence-corrected chi connectivity index (χ3v) is 6.00. The van der Waals surface area contributed by atoms with Crippen molar-refractivity contribution in [1.29, 1.82) is 0 Å². The number of anilines is 1. The van der Waals surface area contributed by atoms with Crippen molar-refractivity contribution in [2.45, 2.75) is 18.6 Å². The molecule has 3 aromatic heterocycles. The highest BCUT2D eigenvalue weighted by atomic mass is 35.5. The highest BCUT2D eigenvalue weighted by Gasteiger charge is 2.42. The van der Waals surface area contributed by atoms with Gasteiger partial charge in [-0.05, 0) is 12.1 Å². The Balaban J connectivity index is 0.00000304. The number of nitrogens with two attached hydrogens (primary N) is 2. The summed E-state index contributed by atoms with van der Waals surface area (Å²) in [5, 5.41) is 15.6. The van der Waals surface area contributed by atoms with Crippen LogP contribution >= 0.6 is 12.4 Å². The number of aliphatic hydroxyl groups is 1. The molecule has 0 aliphatic carbocycles. The summed E-state index contributed by atoms with van der Waals surface area (Å²) in [5.41, 5.74) is 13.7. The normalized spacial score (nSPS) is 17.1. The van der Waals surface area contributed by atoms with Crippen molar-refractivity contribution in [3.63, 3.8) is 0 Å². The van der Waals surface area contributed by atoms with Crippen molar-refractivity contribution in [1.82, 2.24) is 29.6 Å². The Kier molecular flexibility index (Phi) is 6.90. The predicted octanol–water partition coefficient (Wildman–Crippen LogP) is 1.46. The third kappa shape index (κ3) is 4.59. The molecule has 0 saturated carbocycles. The fourth-order valence-electron chi connectivity index (χ4n) is 4.05. The zero-order chi connectivity index (χ0) is 24.6. The number of carbonyl (C=O) groups is 1.